The number of rotatable bonds is 6. The van der Waals surface area contributed by atoms with E-state index < -0.39 is 5.67 Å². The number of nitrogens with one attached hydrogen (secondary N) is 2. The van der Waals surface area contributed by atoms with Gasteiger partial charge in [0.05, 0.1) is 18.6 Å². The van der Waals surface area contributed by atoms with Gasteiger partial charge in [-0.3, -0.25) is 10.1 Å². The van der Waals surface area contributed by atoms with E-state index in [0.717, 1.165) is 45.8 Å². The standard InChI is InChI=1S/C24H24FN7S.2H2/c1-14-3-4-16-10-18(7-8-19(16)26-14)33-23-28-20(27-21-9-15(2)30-31-21)11-22(29-23)32-12-24(25,13-32)17-5-6-17;;/h3-4,7-11,17H,5-6,12-13H2,1-2H3,(H2,27,28,29,30,31);2*1H. The first-order valence-electron chi connectivity index (χ1n) is 11.1. The highest BCUT2D eigenvalue weighted by Gasteiger charge is 2.54. The van der Waals surface area contributed by atoms with Gasteiger partial charge in [-0.25, -0.2) is 14.4 Å². The molecular formula is C24H28FN7S. The van der Waals surface area contributed by atoms with Crippen molar-refractivity contribution in [2.75, 3.05) is 23.3 Å². The largest absolute Gasteiger partial charge is 0.350 e. The highest BCUT2D eigenvalue weighted by atomic mass is 32.2. The fourth-order valence-electron chi connectivity index (χ4n) is 4.28. The Morgan fingerprint density at radius 2 is 1.91 bits per heavy atom. The first kappa shape index (κ1) is 20.4. The lowest BCUT2D eigenvalue weighted by Gasteiger charge is -2.45. The molecule has 1 saturated carbocycles. The van der Waals surface area contributed by atoms with Crippen LogP contribution in [0.3, 0.4) is 0 Å². The van der Waals surface area contributed by atoms with Crippen LogP contribution in [-0.4, -0.2) is 43.9 Å². The molecule has 2 N–H and O–H groups in total. The second kappa shape index (κ2) is 7.69. The first-order valence-corrected chi connectivity index (χ1v) is 11.9. The summed E-state index contributed by atoms with van der Waals surface area (Å²) in [6.45, 7) is 4.71. The Hall–Kier alpha value is -3.20. The van der Waals surface area contributed by atoms with Gasteiger partial charge in [-0.05, 0) is 68.6 Å². The highest BCUT2D eigenvalue weighted by Crippen LogP contribution is 2.48. The van der Waals surface area contributed by atoms with Crippen LogP contribution in [0.2, 0.25) is 0 Å². The second-order valence-corrected chi connectivity index (χ2v) is 10.1. The molecule has 6 rings (SSSR count). The number of anilines is 3. The Morgan fingerprint density at radius 3 is 2.67 bits per heavy atom. The van der Waals surface area contributed by atoms with Crippen LogP contribution < -0.4 is 10.2 Å². The fraction of sp³-hybridized carbons (Fsp3) is 0.333. The number of hydrogen-bond donors (Lipinski definition) is 2. The van der Waals surface area contributed by atoms with Crippen LogP contribution in [0.1, 0.15) is 27.1 Å². The minimum Gasteiger partial charge on any atom is -0.350 e. The summed E-state index contributed by atoms with van der Waals surface area (Å²) in [6.07, 6.45) is 1.99. The zero-order valence-electron chi connectivity index (χ0n) is 18.5. The Bertz CT molecular complexity index is 1350. The normalized spacial score (nSPS) is 17.2. The van der Waals surface area contributed by atoms with Crippen LogP contribution >= 0.6 is 11.8 Å². The van der Waals surface area contributed by atoms with Crippen LogP contribution in [0.15, 0.2) is 52.5 Å². The topological polar surface area (TPSA) is 82.6 Å². The lowest BCUT2D eigenvalue weighted by Crippen LogP contribution is -2.60. The summed E-state index contributed by atoms with van der Waals surface area (Å²) in [5, 5.41) is 12.1. The van der Waals surface area contributed by atoms with Crippen LogP contribution in [0.4, 0.5) is 21.8 Å². The Labute approximate surface area is 198 Å². The number of aromatic amines is 1. The molecule has 9 heteroatoms. The third kappa shape index (κ3) is 4.13. The third-order valence-electron chi connectivity index (χ3n) is 6.20. The molecule has 0 radical (unpaired) electrons. The Balaban J connectivity index is 0.00000144. The molecule has 1 aliphatic heterocycles. The first-order chi connectivity index (χ1) is 15.9. The summed E-state index contributed by atoms with van der Waals surface area (Å²) < 4.78 is 15.0. The number of H-pyrrole nitrogens is 1. The van der Waals surface area contributed by atoms with E-state index in [1.54, 1.807) is 0 Å². The molecule has 0 amide bonds. The maximum Gasteiger partial charge on any atom is 0.196 e. The van der Waals surface area contributed by atoms with Crippen molar-refractivity contribution in [2.24, 2.45) is 5.92 Å². The van der Waals surface area contributed by atoms with E-state index >= 15 is 0 Å². The lowest BCUT2D eigenvalue weighted by atomic mass is 9.91. The summed E-state index contributed by atoms with van der Waals surface area (Å²) in [7, 11) is 0. The average Bonchev–Trinajstić information content (AvgIpc) is 3.54. The molecule has 172 valence electrons. The minimum absolute atomic E-state index is 0. The molecule has 0 spiro atoms. The van der Waals surface area contributed by atoms with Crippen molar-refractivity contribution in [2.45, 2.75) is 42.4 Å². The molecule has 33 heavy (non-hydrogen) atoms. The van der Waals surface area contributed by atoms with Crippen LogP contribution in [0.5, 0.6) is 0 Å². The molecule has 1 aromatic carbocycles. The fourth-order valence-corrected chi connectivity index (χ4v) is 5.10. The quantitative estimate of drug-likeness (QED) is 0.354. The number of pyridine rings is 1. The summed E-state index contributed by atoms with van der Waals surface area (Å²) in [5.74, 6) is 2.26. The second-order valence-electron chi connectivity index (χ2n) is 9.03. The molecule has 1 saturated heterocycles. The van der Waals surface area contributed by atoms with E-state index in [-0.39, 0.29) is 8.77 Å². The average molecular weight is 466 g/mol. The van der Waals surface area contributed by atoms with Crippen LogP contribution in [-0.2, 0) is 0 Å². The number of aryl methyl sites for hydroxylation is 2. The molecule has 0 atom stereocenters. The van der Waals surface area contributed by atoms with Crippen LogP contribution in [0.25, 0.3) is 10.9 Å². The highest BCUT2D eigenvalue weighted by molar-refractivity contribution is 7.99. The van der Waals surface area contributed by atoms with E-state index in [4.69, 9.17) is 9.97 Å². The number of aromatic nitrogens is 5. The number of halogens is 1. The minimum atomic E-state index is -1.07. The maximum atomic E-state index is 15.0. The molecule has 0 unspecified atom stereocenters. The predicted octanol–water partition coefficient (Wildman–Crippen LogP) is 5.69. The molecule has 3 aromatic heterocycles. The summed E-state index contributed by atoms with van der Waals surface area (Å²) in [5.41, 5.74) is 1.84. The van der Waals surface area contributed by atoms with Gasteiger partial charge in [0.1, 0.15) is 17.3 Å². The van der Waals surface area contributed by atoms with E-state index in [9.17, 15) is 4.39 Å². The van der Waals surface area contributed by atoms with Gasteiger partial charge in [0, 0.05) is 36.7 Å². The predicted molar refractivity (Wildman–Crippen MR) is 132 cm³/mol. The zero-order valence-corrected chi connectivity index (χ0v) is 19.3. The van der Waals surface area contributed by atoms with Gasteiger partial charge in [-0.1, -0.05) is 6.07 Å². The van der Waals surface area contributed by atoms with Crippen molar-refractivity contribution in [3.63, 3.8) is 0 Å². The molecular weight excluding hydrogens is 437 g/mol. The van der Waals surface area contributed by atoms with Gasteiger partial charge in [-0.2, -0.15) is 5.10 Å². The van der Waals surface area contributed by atoms with E-state index in [1.807, 2.05) is 49.1 Å². The summed E-state index contributed by atoms with van der Waals surface area (Å²) >= 11 is 1.48. The van der Waals surface area contributed by atoms with Gasteiger partial charge in [0.25, 0.3) is 0 Å². The van der Waals surface area contributed by atoms with Crippen molar-refractivity contribution in [3.05, 3.63) is 53.9 Å². The van der Waals surface area contributed by atoms with Gasteiger partial charge >= 0.3 is 0 Å². The Morgan fingerprint density at radius 1 is 1.06 bits per heavy atom. The van der Waals surface area contributed by atoms with Gasteiger partial charge in [-0.15, -0.1) is 0 Å². The van der Waals surface area contributed by atoms with Crippen molar-refractivity contribution >= 4 is 40.1 Å². The van der Waals surface area contributed by atoms with Crippen molar-refractivity contribution in [1.82, 2.24) is 25.1 Å². The SMILES string of the molecule is Cc1ccc2cc(Sc3nc(Nc4cc(C)[nH]n4)cc(N4CC(F)(C5CC5)C4)n3)ccc2n1.[HH].[HH]. The molecule has 4 heterocycles. The van der Waals surface area contributed by atoms with E-state index in [1.165, 1.54) is 11.8 Å². The smallest absolute Gasteiger partial charge is 0.196 e. The number of nitrogens with zero attached hydrogens (tertiary/aromatic N) is 5. The van der Waals surface area contributed by atoms with Gasteiger partial charge in [0.2, 0.25) is 0 Å². The van der Waals surface area contributed by atoms with E-state index in [2.05, 4.69) is 32.6 Å². The maximum absolute atomic E-state index is 15.0. The van der Waals surface area contributed by atoms with Gasteiger partial charge in [0.15, 0.2) is 11.0 Å². The van der Waals surface area contributed by atoms with Crippen molar-refractivity contribution in [3.8, 4) is 0 Å². The number of benzene rings is 1. The summed E-state index contributed by atoms with van der Waals surface area (Å²) in [6, 6.07) is 14.0. The molecule has 0 bridgehead atoms. The molecule has 2 aliphatic rings. The molecule has 1 aliphatic carbocycles. The summed E-state index contributed by atoms with van der Waals surface area (Å²) in [4.78, 5) is 17.1. The zero-order chi connectivity index (χ0) is 22.6. The third-order valence-corrected chi connectivity index (χ3v) is 7.06. The number of fused-ring (bicyclic) bond motifs is 1. The van der Waals surface area contributed by atoms with Gasteiger partial charge < -0.3 is 10.2 Å². The van der Waals surface area contributed by atoms with E-state index in [0.29, 0.717) is 29.9 Å². The lowest BCUT2D eigenvalue weighted by molar-refractivity contribution is 0.0924. The number of alkyl halides is 1. The van der Waals surface area contributed by atoms with Crippen LogP contribution in [0, 0.1) is 19.8 Å². The number of hydrogen-bond acceptors (Lipinski definition) is 7. The monoisotopic (exact) mass is 465 g/mol. The molecule has 2 fully saturated rings. The van der Waals surface area contributed by atoms with Crippen molar-refractivity contribution in [1.29, 1.82) is 0 Å². The molecule has 4 aromatic rings. The molecule has 7 nitrogen and oxygen atoms in total. The van der Waals surface area contributed by atoms with Crippen molar-refractivity contribution < 1.29 is 7.24 Å². The Kier molecular flexibility index (Phi) is 4.76.